The molecule has 2 aliphatic heterocycles. The Balaban J connectivity index is 1.47. The van der Waals surface area contributed by atoms with E-state index in [1.165, 1.54) is 0 Å². The van der Waals surface area contributed by atoms with Crippen LogP contribution in [0, 0.1) is 12.3 Å². The third-order valence-electron chi connectivity index (χ3n) is 6.32. The number of aryl methyl sites for hydroxylation is 1. The lowest BCUT2D eigenvalue weighted by molar-refractivity contribution is -0.139. The van der Waals surface area contributed by atoms with Gasteiger partial charge in [-0.1, -0.05) is 0 Å². The molecule has 2 amide bonds. The highest BCUT2D eigenvalue weighted by Gasteiger charge is 2.40. The lowest BCUT2D eigenvalue weighted by atomic mass is 9.72. The Morgan fingerprint density at radius 2 is 2.07 bits per heavy atom. The molecule has 0 aromatic carbocycles. The van der Waals surface area contributed by atoms with Crippen LogP contribution < -0.4 is 5.32 Å². The van der Waals surface area contributed by atoms with Crippen molar-refractivity contribution in [1.29, 1.82) is 0 Å². The van der Waals surface area contributed by atoms with Crippen molar-refractivity contribution in [3.63, 3.8) is 0 Å². The molecular formula is C20H33N5O3. The number of nitrogens with one attached hydrogen (secondary N) is 1. The number of carbonyl (C=O) groups excluding carboxylic acids is 2. The van der Waals surface area contributed by atoms with E-state index in [1.807, 2.05) is 18.9 Å². The highest BCUT2D eigenvalue weighted by molar-refractivity contribution is 5.92. The van der Waals surface area contributed by atoms with Crippen molar-refractivity contribution in [2.75, 3.05) is 51.8 Å². The third-order valence-corrected chi connectivity index (χ3v) is 6.32. The van der Waals surface area contributed by atoms with Crippen molar-refractivity contribution in [3.8, 4) is 0 Å². The molecule has 0 unspecified atom stereocenters. The molecule has 0 atom stereocenters. The fraction of sp³-hybridized carbons (Fsp3) is 0.750. The van der Waals surface area contributed by atoms with Crippen LogP contribution in [0.25, 0.3) is 0 Å². The highest BCUT2D eigenvalue weighted by Crippen LogP contribution is 2.40. The van der Waals surface area contributed by atoms with E-state index in [-0.39, 0.29) is 17.2 Å². The van der Waals surface area contributed by atoms with Gasteiger partial charge in [-0.2, -0.15) is 5.10 Å². The molecule has 1 N–H and O–H groups in total. The van der Waals surface area contributed by atoms with Crippen LogP contribution in [0.3, 0.4) is 0 Å². The lowest BCUT2D eigenvalue weighted by Crippen LogP contribution is -2.52. The molecule has 1 aromatic rings. The van der Waals surface area contributed by atoms with Gasteiger partial charge in [-0.05, 0) is 51.1 Å². The maximum Gasteiger partial charge on any atom is 0.238 e. The zero-order valence-corrected chi connectivity index (χ0v) is 17.4. The van der Waals surface area contributed by atoms with Crippen LogP contribution in [-0.2, 0) is 21.4 Å². The van der Waals surface area contributed by atoms with E-state index in [2.05, 4.69) is 15.3 Å². The Bertz CT molecular complexity index is 694. The van der Waals surface area contributed by atoms with Crippen molar-refractivity contribution in [2.45, 2.75) is 39.0 Å². The topological polar surface area (TPSA) is 79.7 Å². The number of hydrogen-bond donors (Lipinski definition) is 1. The number of piperidine rings is 2. The van der Waals surface area contributed by atoms with Gasteiger partial charge in [-0.15, -0.1) is 0 Å². The van der Waals surface area contributed by atoms with E-state index in [4.69, 9.17) is 4.74 Å². The molecule has 28 heavy (non-hydrogen) atoms. The Morgan fingerprint density at radius 1 is 1.32 bits per heavy atom. The van der Waals surface area contributed by atoms with Gasteiger partial charge in [-0.3, -0.25) is 19.2 Å². The SMILES string of the molecule is COCCCN1CC2(CCC1=O)CCN(CC(=O)Nc1cnn(C)c1C)CC2. The van der Waals surface area contributed by atoms with E-state index < -0.39 is 0 Å². The standard InChI is InChI=1S/C20H33N5O3/c1-16-17(13-21-23(16)2)22-18(26)14-24-10-7-20(8-11-24)6-5-19(27)25(15-20)9-4-12-28-3/h13H,4-12,14-15H2,1-3H3,(H,22,26). The second-order valence-electron chi connectivity index (χ2n) is 8.25. The first kappa shape index (κ1) is 20.8. The summed E-state index contributed by atoms with van der Waals surface area (Å²) in [5, 5.41) is 7.12. The number of methoxy groups -OCH3 is 1. The summed E-state index contributed by atoms with van der Waals surface area (Å²) in [6, 6.07) is 0. The molecule has 3 rings (SSSR count). The summed E-state index contributed by atoms with van der Waals surface area (Å²) in [6.07, 6.45) is 6.28. The maximum atomic E-state index is 12.4. The van der Waals surface area contributed by atoms with Crippen LogP contribution in [0.15, 0.2) is 6.20 Å². The summed E-state index contributed by atoms with van der Waals surface area (Å²) in [7, 11) is 3.56. The molecule has 8 nitrogen and oxygen atoms in total. The van der Waals surface area contributed by atoms with E-state index in [0.717, 1.165) is 63.2 Å². The number of carbonyl (C=O) groups is 2. The van der Waals surface area contributed by atoms with Crippen molar-refractivity contribution in [3.05, 3.63) is 11.9 Å². The number of anilines is 1. The second-order valence-corrected chi connectivity index (χ2v) is 8.25. The molecule has 8 heteroatoms. The number of likely N-dealkylation sites (tertiary alicyclic amines) is 2. The molecule has 0 aliphatic carbocycles. The monoisotopic (exact) mass is 391 g/mol. The van der Waals surface area contributed by atoms with Gasteiger partial charge in [0.05, 0.1) is 24.1 Å². The Morgan fingerprint density at radius 3 is 2.71 bits per heavy atom. The Kier molecular flexibility index (Phi) is 6.72. The zero-order valence-electron chi connectivity index (χ0n) is 17.4. The minimum Gasteiger partial charge on any atom is -0.385 e. The van der Waals surface area contributed by atoms with Crippen LogP contribution in [0.5, 0.6) is 0 Å². The fourth-order valence-corrected chi connectivity index (χ4v) is 4.31. The molecule has 2 saturated heterocycles. The minimum atomic E-state index is 0.00654. The van der Waals surface area contributed by atoms with Gasteiger partial charge in [0.1, 0.15) is 0 Å². The van der Waals surface area contributed by atoms with Gasteiger partial charge < -0.3 is 15.0 Å². The molecule has 0 radical (unpaired) electrons. The van der Waals surface area contributed by atoms with Gasteiger partial charge in [-0.25, -0.2) is 0 Å². The molecular weight excluding hydrogens is 358 g/mol. The largest absolute Gasteiger partial charge is 0.385 e. The molecule has 1 spiro atoms. The fourth-order valence-electron chi connectivity index (χ4n) is 4.31. The third kappa shape index (κ3) is 4.91. The number of amides is 2. The molecule has 1 aromatic heterocycles. The molecule has 0 bridgehead atoms. The molecule has 2 aliphatic rings. The number of hydrogen-bond acceptors (Lipinski definition) is 5. The van der Waals surface area contributed by atoms with Crippen LogP contribution in [0.2, 0.25) is 0 Å². The summed E-state index contributed by atoms with van der Waals surface area (Å²) in [5.74, 6) is 0.280. The molecule has 3 heterocycles. The van der Waals surface area contributed by atoms with E-state index in [1.54, 1.807) is 18.0 Å². The Labute approximate surface area is 167 Å². The zero-order chi connectivity index (χ0) is 20.1. The van der Waals surface area contributed by atoms with Crippen molar-refractivity contribution >= 4 is 17.5 Å². The minimum absolute atomic E-state index is 0.00654. The average Bonchev–Trinajstić information content (AvgIpc) is 2.99. The second kappa shape index (κ2) is 9.05. The van der Waals surface area contributed by atoms with Gasteiger partial charge >= 0.3 is 0 Å². The van der Waals surface area contributed by atoms with Gasteiger partial charge in [0, 0.05) is 40.3 Å². The average molecular weight is 392 g/mol. The number of ether oxygens (including phenoxy) is 1. The maximum absolute atomic E-state index is 12.4. The van der Waals surface area contributed by atoms with Gasteiger partial charge in [0.2, 0.25) is 11.8 Å². The van der Waals surface area contributed by atoms with Crippen LogP contribution in [0.4, 0.5) is 5.69 Å². The van der Waals surface area contributed by atoms with Crippen LogP contribution in [-0.4, -0.2) is 77.8 Å². The normalized spacial score (nSPS) is 20.0. The molecule has 156 valence electrons. The van der Waals surface area contributed by atoms with E-state index in [0.29, 0.717) is 19.6 Å². The van der Waals surface area contributed by atoms with Crippen LogP contribution in [0.1, 0.15) is 37.8 Å². The number of aromatic nitrogens is 2. The number of nitrogens with zero attached hydrogens (tertiary/aromatic N) is 4. The predicted octanol–water partition coefficient (Wildman–Crippen LogP) is 1.41. The smallest absolute Gasteiger partial charge is 0.238 e. The molecule has 2 fully saturated rings. The van der Waals surface area contributed by atoms with Crippen LogP contribution >= 0.6 is 0 Å². The summed E-state index contributed by atoms with van der Waals surface area (Å²) < 4.78 is 6.87. The first-order valence-corrected chi connectivity index (χ1v) is 10.2. The first-order chi connectivity index (χ1) is 13.4. The highest BCUT2D eigenvalue weighted by atomic mass is 16.5. The predicted molar refractivity (Wildman–Crippen MR) is 107 cm³/mol. The van der Waals surface area contributed by atoms with Gasteiger partial charge in [0.15, 0.2) is 0 Å². The summed E-state index contributed by atoms with van der Waals surface area (Å²) in [4.78, 5) is 28.9. The number of rotatable bonds is 7. The van der Waals surface area contributed by atoms with Crippen molar-refractivity contribution in [2.24, 2.45) is 12.5 Å². The quantitative estimate of drug-likeness (QED) is 0.711. The summed E-state index contributed by atoms with van der Waals surface area (Å²) in [5.41, 5.74) is 1.94. The van der Waals surface area contributed by atoms with Gasteiger partial charge in [0.25, 0.3) is 0 Å². The van der Waals surface area contributed by atoms with Crippen molar-refractivity contribution < 1.29 is 14.3 Å². The summed E-state index contributed by atoms with van der Waals surface area (Å²) >= 11 is 0. The van der Waals surface area contributed by atoms with Crippen molar-refractivity contribution in [1.82, 2.24) is 19.6 Å². The van der Waals surface area contributed by atoms with E-state index >= 15 is 0 Å². The summed E-state index contributed by atoms with van der Waals surface area (Å²) in [6.45, 7) is 6.47. The lowest BCUT2D eigenvalue weighted by Gasteiger charge is -2.47. The first-order valence-electron chi connectivity index (χ1n) is 10.2. The van der Waals surface area contributed by atoms with E-state index in [9.17, 15) is 9.59 Å². The Hall–Kier alpha value is -1.93. The molecule has 0 saturated carbocycles.